The van der Waals surface area contributed by atoms with Crippen LogP contribution in [0, 0.1) is 0 Å². The summed E-state index contributed by atoms with van der Waals surface area (Å²) in [6.45, 7) is 4.23. The molecule has 0 spiro atoms. The molecule has 2 rings (SSSR count). The van der Waals surface area contributed by atoms with Gasteiger partial charge in [-0.3, -0.25) is 4.79 Å². The van der Waals surface area contributed by atoms with Crippen molar-refractivity contribution in [2.75, 3.05) is 13.2 Å². The second-order valence-electron chi connectivity index (χ2n) is 5.20. The molecule has 1 saturated heterocycles. The molecule has 0 saturated carbocycles. The summed E-state index contributed by atoms with van der Waals surface area (Å²) >= 11 is 0. The number of carbonyl (C=O) groups excluding carboxylic acids is 2. The number of hydrogen-bond donors (Lipinski definition) is 1. The molecule has 0 aromatic heterocycles. The van der Waals surface area contributed by atoms with Gasteiger partial charge in [0.25, 0.3) is 5.91 Å². The second-order valence-corrected chi connectivity index (χ2v) is 5.20. The van der Waals surface area contributed by atoms with E-state index >= 15 is 0 Å². The lowest BCUT2D eigenvalue weighted by atomic mass is 10.2. The van der Waals surface area contributed by atoms with Crippen molar-refractivity contribution in [2.24, 2.45) is 0 Å². The molecule has 0 aliphatic carbocycles. The molecule has 1 aliphatic heterocycles. The number of ether oxygens (including phenoxy) is 2. The zero-order valence-electron chi connectivity index (χ0n) is 12.8. The molecule has 2 atom stereocenters. The van der Waals surface area contributed by atoms with Crippen molar-refractivity contribution in [1.29, 1.82) is 0 Å². The Kier molecular flexibility index (Phi) is 5.25. The summed E-state index contributed by atoms with van der Waals surface area (Å²) in [6.07, 6.45) is 0.692. The van der Waals surface area contributed by atoms with Crippen molar-refractivity contribution in [3.63, 3.8) is 0 Å². The Balaban J connectivity index is 1.99. The second kappa shape index (κ2) is 7.15. The number of aromatic hydroxyl groups is 1. The van der Waals surface area contributed by atoms with E-state index in [1.807, 2.05) is 0 Å². The number of likely N-dealkylation sites (tertiary alicyclic amines) is 1. The highest BCUT2D eigenvalue weighted by atomic mass is 16.5. The van der Waals surface area contributed by atoms with Crippen LogP contribution in [0.4, 0.5) is 0 Å². The van der Waals surface area contributed by atoms with Gasteiger partial charge in [-0.25, -0.2) is 4.79 Å². The Hall–Kier alpha value is -2.24. The van der Waals surface area contributed by atoms with Gasteiger partial charge in [-0.15, -0.1) is 0 Å². The number of amides is 1. The monoisotopic (exact) mass is 307 g/mol. The maximum Gasteiger partial charge on any atom is 0.328 e. The lowest BCUT2D eigenvalue weighted by Gasteiger charge is -2.26. The number of esters is 1. The summed E-state index contributed by atoms with van der Waals surface area (Å²) in [5.74, 6) is 0.0348. The van der Waals surface area contributed by atoms with Gasteiger partial charge in [0.15, 0.2) is 6.10 Å². The van der Waals surface area contributed by atoms with Crippen LogP contribution < -0.4 is 4.74 Å². The number of hydrogen-bond acceptors (Lipinski definition) is 5. The molecule has 1 N–H and O–H groups in total. The molecule has 1 aromatic carbocycles. The minimum Gasteiger partial charge on any atom is -0.508 e. The summed E-state index contributed by atoms with van der Waals surface area (Å²) in [7, 11) is 0. The molecule has 22 heavy (non-hydrogen) atoms. The van der Waals surface area contributed by atoms with Crippen molar-refractivity contribution < 1.29 is 24.2 Å². The van der Waals surface area contributed by atoms with E-state index < -0.39 is 12.1 Å². The van der Waals surface area contributed by atoms with Gasteiger partial charge in [-0.05, 0) is 51.0 Å². The van der Waals surface area contributed by atoms with Gasteiger partial charge < -0.3 is 19.5 Å². The van der Waals surface area contributed by atoms with Crippen molar-refractivity contribution in [1.82, 2.24) is 4.90 Å². The number of carbonyl (C=O) groups is 2. The topological polar surface area (TPSA) is 76.1 Å². The number of benzene rings is 1. The Morgan fingerprint density at radius 1 is 1.36 bits per heavy atom. The lowest BCUT2D eigenvalue weighted by Crippen LogP contribution is -2.46. The van der Waals surface area contributed by atoms with Crippen LogP contribution in [0.5, 0.6) is 11.5 Å². The van der Waals surface area contributed by atoms with E-state index in [4.69, 9.17) is 9.47 Å². The smallest absolute Gasteiger partial charge is 0.328 e. The lowest BCUT2D eigenvalue weighted by molar-refractivity contribution is -0.155. The third-order valence-electron chi connectivity index (χ3n) is 3.59. The summed E-state index contributed by atoms with van der Waals surface area (Å²) in [6, 6.07) is 5.64. The van der Waals surface area contributed by atoms with E-state index in [0.717, 1.165) is 6.42 Å². The Morgan fingerprint density at radius 2 is 2.05 bits per heavy atom. The molecule has 1 aromatic rings. The highest BCUT2D eigenvalue weighted by Gasteiger charge is 2.37. The van der Waals surface area contributed by atoms with Crippen LogP contribution >= 0.6 is 0 Å². The SMILES string of the molecule is CCOC(=O)[C@@H]1CCCN1C(=O)C(C)Oc1ccc(O)cc1. The third-order valence-corrected chi connectivity index (χ3v) is 3.59. The molecule has 1 aliphatic rings. The first-order valence-electron chi connectivity index (χ1n) is 7.45. The van der Waals surface area contributed by atoms with Crippen molar-refractivity contribution in [3.8, 4) is 11.5 Å². The van der Waals surface area contributed by atoms with Crippen LogP contribution in [0.25, 0.3) is 0 Å². The van der Waals surface area contributed by atoms with Crippen LogP contribution in [0.15, 0.2) is 24.3 Å². The zero-order valence-corrected chi connectivity index (χ0v) is 12.8. The Labute approximate surface area is 129 Å². The highest BCUT2D eigenvalue weighted by molar-refractivity contribution is 5.87. The average molecular weight is 307 g/mol. The molecule has 1 heterocycles. The predicted molar refractivity (Wildman–Crippen MR) is 79.6 cm³/mol. The number of phenols is 1. The quantitative estimate of drug-likeness (QED) is 0.838. The van der Waals surface area contributed by atoms with Crippen LogP contribution in [0.3, 0.4) is 0 Å². The predicted octanol–water partition coefficient (Wildman–Crippen LogP) is 1.71. The third kappa shape index (κ3) is 3.69. The Morgan fingerprint density at radius 3 is 2.68 bits per heavy atom. The van der Waals surface area contributed by atoms with Crippen LogP contribution in [0.1, 0.15) is 26.7 Å². The summed E-state index contributed by atoms with van der Waals surface area (Å²) in [4.78, 5) is 25.9. The van der Waals surface area contributed by atoms with Crippen molar-refractivity contribution in [2.45, 2.75) is 38.8 Å². The van der Waals surface area contributed by atoms with Gasteiger partial charge in [-0.2, -0.15) is 0 Å². The summed E-state index contributed by atoms with van der Waals surface area (Å²) < 4.78 is 10.6. The van der Waals surface area contributed by atoms with Crippen molar-refractivity contribution >= 4 is 11.9 Å². The van der Waals surface area contributed by atoms with Gasteiger partial charge in [0, 0.05) is 6.54 Å². The van der Waals surface area contributed by atoms with Crippen molar-refractivity contribution in [3.05, 3.63) is 24.3 Å². The minimum atomic E-state index is -0.709. The van der Waals surface area contributed by atoms with Crippen LogP contribution in [0.2, 0.25) is 0 Å². The number of nitrogens with zero attached hydrogens (tertiary/aromatic N) is 1. The molecule has 1 unspecified atom stereocenters. The van der Waals surface area contributed by atoms with Gasteiger partial charge in [0.2, 0.25) is 0 Å². The fourth-order valence-electron chi connectivity index (χ4n) is 2.53. The molecule has 1 fully saturated rings. The molecule has 120 valence electrons. The molecule has 6 nitrogen and oxygen atoms in total. The van der Waals surface area contributed by atoms with E-state index in [1.54, 1.807) is 26.0 Å². The fraction of sp³-hybridized carbons (Fsp3) is 0.500. The highest BCUT2D eigenvalue weighted by Crippen LogP contribution is 2.22. The van der Waals surface area contributed by atoms with Crippen LogP contribution in [-0.4, -0.2) is 47.2 Å². The molecule has 0 bridgehead atoms. The largest absolute Gasteiger partial charge is 0.508 e. The number of phenolic OH excluding ortho intramolecular Hbond substituents is 1. The van der Waals surface area contributed by atoms with Crippen LogP contribution in [-0.2, 0) is 14.3 Å². The molecular formula is C16H21NO5. The summed E-state index contributed by atoms with van der Waals surface area (Å²) in [5, 5.41) is 9.24. The minimum absolute atomic E-state index is 0.133. The van der Waals surface area contributed by atoms with E-state index in [0.29, 0.717) is 25.3 Å². The molecular weight excluding hydrogens is 286 g/mol. The molecule has 6 heteroatoms. The van der Waals surface area contributed by atoms with Gasteiger partial charge in [0.1, 0.15) is 17.5 Å². The van der Waals surface area contributed by atoms with Gasteiger partial charge in [0.05, 0.1) is 6.61 Å². The standard InChI is InChI=1S/C16H21NO5/c1-3-21-16(20)14-5-4-10-17(14)15(19)11(2)22-13-8-6-12(18)7-9-13/h6-9,11,14,18H,3-5,10H2,1-2H3/t11?,14-/m0/s1. The van der Waals surface area contributed by atoms with E-state index in [1.165, 1.54) is 17.0 Å². The first-order chi connectivity index (χ1) is 10.5. The van der Waals surface area contributed by atoms with E-state index in [9.17, 15) is 14.7 Å². The Bertz CT molecular complexity index is 528. The zero-order chi connectivity index (χ0) is 16.1. The maximum absolute atomic E-state index is 12.5. The van der Waals surface area contributed by atoms with Gasteiger partial charge >= 0.3 is 5.97 Å². The first kappa shape index (κ1) is 16.1. The fourth-order valence-corrected chi connectivity index (χ4v) is 2.53. The van der Waals surface area contributed by atoms with E-state index in [-0.39, 0.29) is 17.6 Å². The van der Waals surface area contributed by atoms with Gasteiger partial charge in [-0.1, -0.05) is 0 Å². The molecule has 0 radical (unpaired) electrons. The first-order valence-corrected chi connectivity index (χ1v) is 7.45. The number of rotatable bonds is 5. The maximum atomic E-state index is 12.5. The van der Waals surface area contributed by atoms with E-state index in [2.05, 4.69) is 0 Å². The molecule has 1 amide bonds. The normalized spacial score (nSPS) is 18.8. The average Bonchev–Trinajstić information content (AvgIpc) is 2.98. The summed E-state index contributed by atoms with van der Waals surface area (Å²) in [5.41, 5.74) is 0.